The van der Waals surface area contributed by atoms with Gasteiger partial charge >= 0.3 is 0 Å². The Bertz CT molecular complexity index is 620. The number of nitrogens with zero attached hydrogens (tertiary/aromatic N) is 2. The molecule has 2 rings (SSSR count). The molecular weight excluding hydrogens is 288 g/mol. The molecule has 0 atom stereocenters. The van der Waals surface area contributed by atoms with Gasteiger partial charge in [0, 0.05) is 24.3 Å². The molecule has 0 aromatic carbocycles. The Labute approximate surface area is 117 Å². The van der Waals surface area contributed by atoms with E-state index in [0.29, 0.717) is 12.2 Å². The largest absolute Gasteiger partial charge is 0.295 e. The summed E-state index contributed by atoms with van der Waals surface area (Å²) >= 11 is 5.79. The molecule has 5 nitrogen and oxygen atoms in total. The van der Waals surface area contributed by atoms with Crippen molar-refractivity contribution in [1.82, 2.24) is 9.55 Å². The van der Waals surface area contributed by atoms with Gasteiger partial charge in [0.25, 0.3) is 5.56 Å². The lowest BCUT2D eigenvalue weighted by atomic mass is 10.3. The van der Waals surface area contributed by atoms with Crippen LogP contribution in [0, 0.1) is 0 Å². The lowest BCUT2D eigenvalue weighted by Gasteiger charge is -2.11. The topological polar surface area (TPSA) is 69.0 Å². The molecule has 1 heterocycles. The quantitative estimate of drug-likeness (QED) is 0.749. The Morgan fingerprint density at radius 2 is 2.11 bits per heavy atom. The van der Waals surface area contributed by atoms with Crippen LogP contribution in [0.1, 0.15) is 37.9 Å². The average molecular weight is 305 g/mol. The molecule has 0 spiro atoms. The normalized spacial score (nSPS) is 15.7. The van der Waals surface area contributed by atoms with Gasteiger partial charge in [0.1, 0.15) is 11.0 Å². The lowest BCUT2D eigenvalue weighted by Crippen LogP contribution is -2.28. The maximum absolute atomic E-state index is 11.9. The second-order valence-electron chi connectivity index (χ2n) is 4.85. The summed E-state index contributed by atoms with van der Waals surface area (Å²) in [5.74, 6) is 1.01. The number of sulfone groups is 1. The molecule has 1 aromatic heterocycles. The highest BCUT2D eigenvalue weighted by Gasteiger charge is 2.29. The summed E-state index contributed by atoms with van der Waals surface area (Å²) in [5.41, 5.74) is -0.270. The predicted molar refractivity (Wildman–Crippen MR) is 74.4 cm³/mol. The molecular formula is C12H17ClN2O3S. The molecule has 1 aromatic rings. The van der Waals surface area contributed by atoms with Crippen LogP contribution in [0.2, 0.25) is 5.15 Å². The van der Waals surface area contributed by atoms with E-state index < -0.39 is 9.84 Å². The van der Waals surface area contributed by atoms with E-state index in [9.17, 15) is 13.2 Å². The summed E-state index contributed by atoms with van der Waals surface area (Å²) < 4.78 is 24.9. The van der Waals surface area contributed by atoms with Gasteiger partial charge < -0.3 is 0 Å². The second-order valence-corrected chi connectivity index (χ2v) is 7.54. The molecule has 106 valence electrons. The standard InChI is InChI=1S/C12H17ClN2O3S/c1-2-6-19(17,18)7-5-15-11(16)8-10(13)14-12(15)9-3-4-9/h8-9H,2-7H2,1H3. The van der Waals surface area contributed by atoms with Crippen molar-refractivity contribution in [3.8, 4) is 0 Å². The third-order valence-electron chi connectivity index (χ3n) is 3.09. The zero-order valence-electron chi connectivity index (χ0n) is 10.8. The summed E-state index contributed by atoms with van der Waals surface area (Å²) in [7, 11) is -3.10. The van der Waals surface area contributed by atoms with Gasteiger partial charge in [0.2, 0.25) is 0 Å². The molecule has 19 heavy (non-hydrogen) atoms. The van der Waals surface area contributed by atoms with Gasteiger partial charge in [-0.2, -0.15) is 0 Å². The van der Waals surface area contributed by atoms with Crippen molar-refractivity contribution in [2.45, 2.75) is 38.6 Å². The molecule has 0 saturated heterocycles. The van der Waals surface area contributed by atoms with Gasteiger partial charge in [-0.3, -0.25) is 9.36 Å². The van der Waals surface area contributed by atoms with E-state index in [1.54, 1.807) is 0 Å². The average Bonchev–Trinajstić information content (AvgIpc) is 3.10. The van der Waals surface area contributed by atoms with E-state index in [-0.39, 0.29) is 34.7 Å². The van der Waals surface area contributed by atoms with E-state index in [1.807, 2.05) is 6.92 Å². The minimum Gasteiger partial charge on any atom is -0.295 e. The summed E-state index contributed by atoms with van der Waals surface area (Å²) in [4.78, 5) is 16.1. The van der Waals surface area contributed by atoms with Gasteiger partial charge in [-0.15, -0.1) is 0 Å². The van der Waals surface area contributed by atoms with Crippen LogP contribution in [0.25, 0.3) is 0 Å². The van der Waals surface area contributed by atoms with Crippen LogP contribution in [0.3, 0.4) is 0 Å². The summed E-state index contributed by atoms with van der Waals surface area (Å²) in [6.45, 7) is 1.99. The number of hydrogen-bond donors (Lipinski definition) is 0. The predicted octanol–water partition coefficient (Wildman–Crippen LogP) is 1.60. The maximum Gasteiger partial charge on any atom is 0.255 e. The molecule has 7 heteroatoms. The minimum atomic E-state index is -3.10. The van der Waals surface area contributed by atoms with Gasteiger partial charge in [-0.25, -0.2) is 13.4 Å². The van der Waals surface area contributed by atoms with Crippen molar-refractivity contribution >= 4 is 21.4 Å². The summed E-state index contributed by atoms with van der Waals surface area (Å²) in [6, 6.07) is 1.24. The van der Waals surface area contributed by atoms with Crippen molar-refractivity contribution in [3.05, 3.63) is 27.4 Å². The molecule has 0 radical (unpaired) electrons. The Morgan fingerprint density at radius 1 is 1.42 bits per heavy atom. The van der Waals surface area contributed by atoms with E-state index in [0.717, 1.165) is 12.8 Å². The second kappa shape index (κ2) is 5.63. The first kappa shape index (κ1) is 14.5. The first-order chi connectivity index (χ1) is 8.93. The van der Waals surface area contributed by atoms with Crippen LogP contribution in [0.5, 0.6) is 0 Å². The Kier molecular flexibility index (Phi) is 4.30. The monoisotopic (exact) mass is 304 g/mol. The fraction of sp³-hybridized carbons (Fsp3) is 0.667. The number of rotatable bonds is 6. The van der Waals surface area contributed by atoms with Crippen molar-refractivity contribution in [1.29, 1.82) is 0 Å². The molecule has 1 saturated carbocycles. The van der Waals surface area contributed by atoms with Crippen LogP contribution < -0.4 is 5.56 Å². The molecule has 0 bridgehead atoms. The first-order valence-electron chi connectivity index (χ1n) is 6.40. The highest BCUT2D eigenvalue weighted by atomic mass is 35.5. The fourth-order valence-electron chi connectivity index (χ4n) is 2.02. The van der Waals surface area contributed by atoms with Crippen molar-refractivity contribution in [2.24, 2.45) is 0 Å². The first-order valence-corrected chi connectivity index (χ1v) is 8.60. The number of halogens is 1. The van der Waals surface area contributed by atoms with Crippen molar-refractivity contribution in [2.75, 3.05) is 11.5 Å². The zero-order chi connectivity index (χ0) is 14.0. The van der Waals surface area contributed by atoms with Crippen LogP contribution in [-0.2, 0) is 16.4 Å². The Morgan fingerprint density at radius 3 is 2.68 bits per heavy atom. The van der Waals surface area contributed by atoms with Gasteiger partial charge in [0.05, 0.1) is 5.75 Å². The molecule has 0 unspecified atom stereocenters. The number of hydrogen-bond acceptors (Lipinski definition) is 4. The van der Waals surface area contributed by atoms with E-state index >= 15 is 0 Å². The molecule has 1 aliphatic carbocycles. The van der Waals surface area contributed by atoms with Crippen LogP contribution >= 0.6 is 11.6 Å². The maximum atomic E-state index is 11.9. The highest BCUT2D eigenvalue weighted by Crippen LogP contribution is 2.38. The van der Waals surface area contributed by atoms with Crippen molar-refractivity contribution < 1.29 is 8.42 Å². The molecule has 1 aliphatic rings. The molecule has 1 fully saturated rings. The summed E-state index contributed by atoms with van der Waals surface area (Å²) in [5, 5.41) is 0.180. The lowest BCUT2D eigenvalue weighted by molar-refractivity contribution is 0.579. The van der Waals surface area contributed by atoms with E-state index in [2.05, 4.69) is 4.98 Å². The zero-order valence-corrected chi connectivity index (χ0v) is 12.4. The van der Waals surface area contributed by atoms with Crippen LogP contribution in [0.4, 0.5) is 0 Å². The molecule has 0 aliphatic heterocycles. The summed E-state index contributed by atoms with van der Waals surface area (Å²) in [6.07, 6.45) is 2.55. The Balaban J connectivity index is 2.23. The molecule has 0 amide bonds. The SMILES string of the molecule is CCCS(=O)(=O)CCn1c(C2CC2)nc(Cl)cc1=O. The van der Waals surface area contributed by atoms with Crippen molar-refractivity contribution in [3.63, 3.8) is 0 Å². The number of aromatic nitrogens is 2. The van der Waals surface area contributed by atoms with Gasteiger partial charge in [-0.05, 0) is 19.3 Å². The van der Waals surface area contributed by atoms with Gasteiger partial charge in [-0.1, -0.05) is 18.5 Å². The minimum absolute atomic E-state index is 0.0240. The molecule has 0 N–H and O–H groups in total. The fourth-order valence-corrected chi connectivity index (χ4v) is 3.48. The third-order valence-corrected chi connectivity index (χ3v) is 5.12. The smallest absolute Gasteiger partial charge is 0.255 e. The van der Waals surface area contributed by atoms with E-state index in [4.69, 9.17) is 11.6 Å². The Hall–Kier alpha value is -0.880. The van der Waals surface area contributed by atoms with E-state index in [1.165, 1.54) is 10.6 Å². The highest BCUT2D eigenvalue weighted by molar-refractivity contribution is 7.91. The van der Waals surface area contributed by atoms with Crippen LogP contribution in [-0.4, -0.2) is 29.5 Å². The van der Waals surface area contributed by atoms with Gasteiger partial charge in [0.15, 0.2) is 9.84 Å². The third kappa shape index (κ3) is 3.79. The van der Waals surface area contributed by atoms with Crippen LogP contribution in [0.15, 0.2) is 10.9 Å².